The Hall–Kier alpha value is -2.67. The molecule has 2 aromatic rings. The zero-order valence-electron chi connectivity index (χ0n) is 17.5. The molecule has 0 bridgehead atoms. The van der Waals surface area contributed by atoms with Crippen LogP contribution in [0.15, 0.2) is 42.7 Å². The zero-order chi connectivity index (χ0) is 20.9. The maximum Gasteiger partial charge on any atom is 0.323 e. The average Bonchev–Trinajstić information content (AvgIpc) is 3.44. The third-order valence-electron chi connectivity index (χ3n) is 6.33. The molecule has 160 valence electrons. The van der Waals surface area contributed by atoms with Gasteiger partial charge in [0.25, 0.3) is 5.91 Å². The van der Waals surface area contributed by atoms with Crippen LogP contribution < -0.4 is 5.32 Å². The molecule has 7 nitrogen and oxygen atoms in total. The largest absolute Gasteiger partial charge is 0.468 e. The molecular weight excluding hydrogens is 380 g/mol. The van der Waals surface area contributed by atoms with Crippen molar-refractivity contribution in [3.63, 3.8) is 0 Å². The highest BCUT2D eigenvalue weighted by Gasteiger charge is 2.39. The Labute approximate surface area is 177 Å². The molecule has 1 saturated carbocycles. The topological polar surface area (TPSA) is 76.5 Å². The first kappa shape index (κ1) is 20.6. The van der Waals surface area contributed by atoms with Crippen LogP contribution >= 0.6 is 0 Å². The number of amides is 1. The van der Waals surface area contributed by atoms with Gasteiger partial charge in [0.05, 0.1) is 12.8 Å². The number of benzene rings is 1. The van der Waals surface area contributed by atoms with Crippen molar-refractivity contribution in [2.45, 2.75) is 50.6 Å². The molecule has 2 atom stereocenters. The van der Waals surface area contributed by atoms with Crippen LogP contribution in [0.4, 0.5) is 0 Å². The van der Waals surface area contributed by atoms with Crippen LogP contribution in [0.5, 0.6) is 0 Å². The van der Waals surface area contributed by atoms with Crippen molar-refractivity contribution >= 4 is 11.9 Å². The van der Waals surface area contributed by atoms with Crippen LogP contribution in [0.2, 0.25) is 0 Å². The number of ether oxygens (including phenoxy) is 1. The van der Waals surface area contributed by atoms with E-state index in [0.717, 1.165) is 12.2 Å². The summed E-state index contributed by atoms with van der Waals surface area (Å²) in [6, 6.07) is 8.89. The quantitative estimate of drug-likeness (QED) is 0.741. The minimum Gasteiger partial charge on any atom is -0.468 e. The van der Waals surface area contributed by atoms with Crippen molar-refractivity contribution in [2.24, 2.45) is 5.92 Å². The summed E-state index contributed by atoms with van der Waals surface area (Å²) in [5.41, 5.74) is 1.51. The van der Waals surface area contributed by atoms with Gasteiger partial charge in [0.15, 0.2) is 0 Å². The highest BCUT2D eigenvalue weighted by molar-refractivity contribution is 5.94. The second-order valence-electron chi connectivity index (χ2n) is 8.40. The molecule has 1 aromatic heterocycles. The first-order valence-electron chi connectivity index (χ1n) is 10.9. The Morgan fingerprint density at radius 1 is 1.17 bits per heavy atom. The van der Waals surface area contributed by atoms with Crippen LogP contribution in [0.25, 0.3) is 5.69 Å². The molecule has 0 radical (unpaired) electrons. The van der Waals surface area contributed by atoms with E-state index in [0.29, 0.717) is 24.4 Å². The number of hydrogen-bond acceptors (Lipinski definition) is 5. The second-order valence-corrected chi connectivity index (χ2v) is 8.40. The molecule has 1 amide bonds. The Bertz CT molecular complexity index is 844. The van der Waals surface area contributed by atoms with E-state index in [4.69, 9.17) is 4.74 Å². The first-order valence-corrected chi connectivity index (χ1v) is 10.9. The summed E-state index contributed by atoms with van der Waals surface area (Å²) in [5, 5.41) is 7.31. The van der Waals surface area contributed by atoms with E-state index >= 15 is 0 Å². The molecule has 0 unspecified atom stereocenters. The van der Waals surface area contributed by atoms with E-state index in [2.05, 4.69) is 15.3 Å². The highest BCUT2D eigenvalue weighted by Crippen LogP contribution is 2.28. The standard InChI is InChI=1S/C23H30N4O3/c1-30-23(29)21-14-19(16-26(21)15-17-6-3-2-4-7-17)25-22(28)18-8-10-20(11-9-18)27-13-5-12-24-27/h5,8-13,17,19,21H,2-4,6-7,14-16H2,1H3,(H,25,28)/t19-,21+/m1/s1. The van der Waals surface area contributed by atoms with E-state index < -0.39 is 0 Å². The number of likely N-dealkylation sites (tertiary alicyclic amines) is 1. The van der Waals surface area contributed by atoms with Crippen molar-refractivity contribution in [1.29, 1.82) is 0 Å². The SMILES string of the molecule is COC(=O)[C@@H]1C[C@@H](NC(=O)c2ccc(-n3cccn3)cc2)CN1CC1CCCCC1. The van der Waals surface area contributed by atoms with Gasteiger partial charge in [-0.1, -0.05) is 19.3 Å². The molecule has 1 aliphatic carbocycles. The van der Waals surface area contributed by atoms with E-state index in [1.165, 1.54) is 39.2 Å². The fraction of sp³-hybridized carbons (Fsp3) is 0.522. The van der Waals surface area contributed by atoms with Crippen molar-refractivity contribution in [3.05, 3.63) is 48.3 Å². The van der Waals surface area contributed by atoms with Crippen LogP contribution in [0, 0.1) is 5.92 Å². The number of methoxy groups -OCH3 is 1. The zero-order valence-corrected chi connectivity index (χ0v) is 17.5. The Balaban J connectivity index is 1.38. The number of esters is 1. The van der Waals surface area contributed by atoms with Crippen molar-refractivity contribution < 1.29 is 14.3 Å². The molecule has 2 aliphatic rings. The molecule has 1 N–H and O–H groups in total. The predicted molar refractivity (Wildman–Crippen MR) is 113 cm³/mol. The lowest BCUT2D eigenvalue weighted by molar-refractivity contribution is -0.146. The summed E-state index contributed by atoms with van der Waals surface area (Å²) in [6.07, 6.45) is 10.5. The Morgan fingerprint density at radius 3 is 2.60 bits per heavy atom. The van der Waals surface area contributed by atoms with E-state index in [9.17, 15) is 9.59 Å². The van der Waals surface area contributed by atoms with Gasteiger partial charge in [-0.15, -0.1) is 0 Å². The maximum absolute atomic E-state index is 12.8. The molecule has 1 saturated heterocycles. The lowest BCUT2D eigenvalue weighted by Gasteiger charge is -2.29. The number of carbonyl (C=O) groups excluding carboxylic acids is 2. The molecule has 4 rings (SSSR count). The van der Waals surface area contributed by atoms with Crippen LogP contribution in [-0.4, -0.2) is 58.8 Å². The summed E-state index contributed by atoms with van der Waals surface area (Å²) in [7, 11) is 1.44. The Morgan fingerprint density at radius 2 is 1.93 bits per heavy atom. The third kappa shape index (κ3) is 4.73. The summed E-state index contributed by atoms with van der Waals surface area (Å²) in [5.74, 6) is 0.316. The molecule has 1 aromatic carbocycles. The van der Waals surface area contributed by atoms with Crippen molar-refractivity contribution in [2.75, 3.05) is 20.2 Å². The smallest absolute Gasteiger partial charge is 0.323 e. The molecule has 7 heteroatoms. The number of aromatic nitrogens is 2. The molecule has 2 heterocycles. The molecule has 2 fully saturated rings. The number of nitrogens with zero attached hydrogens (tertiary/aromatic N) is 3. The summed E-state index contributed by atoms with van der Waals surface area (Å²) in [4.78, 5) is 27.3. The lowest BCUT2D eigenvalue weighted by atomic mass is 9.89. The molecular formula is C23H30N4O3. The lowest BCUT2D eigenvalue weighted by Crippen LogP contribution is -2.41. The molecule has 1 aliphatic heterocycles. The van der Waals surface area contributed by atoms with Gasteiger partial charge in [-0.3, -0.25) is 14.5 Å². The molecule has 0 spiro atoms. The predicted octanol–water partition coefficient (Wildman–Crippen LogP) is 2.80. The van der Waals surface area contributed by atoms with E-state index in [-0.39, 0.29) is 24.0 Å². The first-order chi connectivity index (χ1) is 14.6. The summed E-state index contributed by atoms with van der Waals surface area (Å²) >= 11 is 0. The second kappa shape index (κ2) is 9.43. The fourth-order valence-corrected chi connectivity index (χ4v) is 4.75. The van der Waals surface area contributed by atoms with Gasteiger partial charge in [0.2, 0.25) is 0 Å². The number of hydrogen-bond donors (Lipinski definition) is 1. The van der Waals surface area contributed by atoms with Gasteiger partial charge in [-0.2, -0.15) is 5.10 Å². The van der Waals surface area contributed by atoms with Gasteiger partial charge in [0, 0.05) is 37.1 Å². The monoisotopic (exact) mass is 410 g/mol. The number of carbonyl (C=O) groups is 2. The van der Waals surface area contributed by atoms with Gasteiger partial charge >= 0.3 is 5.97 Å². The van der Waals surface area contributed by atoms with E-state index in [1.54, 1.807) is 23.0 Å². The van der Waals surface area contributed by atoms with Gasteiger partial charge in [-0.25, -0.2) is 4.68 Å². The maximum atomic E-state index is 12.8. The van der Waals surface area contributed by atoms with Crippen LogP contribution in [-0.2, 0) is 9.53 Å². The van der Waals surface area contributed by atoms with Crippen LogP contribution in [0.3, 0.4) is 0 Å². The fourth-order valence-electron chi connectivity index (χ4n) is 4.75. The minimum atomic E-state index is -0.274. The van der Waals surface area contributed by atoms with Gasteiger partial charge in [0.1, 0.15) is 6.04 Å². The third-order valence-corrected chi connectivity index (χ3v) is 6.33. The number of rotatable bonds is 6. The Kier molecular flexibility index (Phi) is 6.47. The normalized spacial score (nSPS) is 22.7. The highest BCUT2D eigenvalue weighted by atomic mass is 16.5. The average molecular weight is 411 g/mol. The molecule has 30 heavy (non-hydrogen) atoms. The van der Waals surface area contributed by atoms with Crippen molar-refractivity contribution in [3.8, 4) is 5.69 Å². The van der Waals surface area contributed by atoms with Gasteiger partial charge in [-0.05, 0) is 55.5 Å². The van der Waals surface area contributed by atoms with Gasteiger partial charge < -0.3 is 10.1 Å². The summed E-state index contributed by atoms with van der Waals surface area (Å²) < 4.78 is 6.79. The van der Waals surface area contributed by atoms with E-state index in [1.807, 2.05) is 24.4 Å². The van der Waals surface area contributed by atoms with Crippen LogP contribution in [0.1, 0.15) is 48.9 Å². The minimum absolute atomic E-state index is 0.0593. The number of nitrogens with one attached hydrogen (secondary N) is 1. The van der Waals surface area contributed by atoms with Crippen molar-refractivity contribution in [1.82, 2.24) is 20.0 Å². The summed E-state index contributed by atoms with van der Waals surface area (Å²) in [6.45, 7) is 1.60.